The minimum Gasteiger partial charge on any atom is -0.384 e. The van der Waals surface area contributed by atoms with Crippen LogP contribution in [0.1, 0.15) is 18.1 Å². The Bertz CT molecular complexity index is 491. The predicted molar refractivity (Wildman–Crippen MR) is 71.4 cm³/mol. The zero-order valence-corrected chi connectivity index (χ0v) is 11.1. The van der Waals surface area contributed by atoms with E-state index in [0.717, 1.165) is 24.2 Å². The molecular weight excluding hydrogens is 226 g/mol. The van der Waals surface area contributed by atoms with E-state index in [1.54, 1.807) is 19.6 Å². The quantitative estimate of drug-likeness (QED) is 0.809. The van der Waals surface area contributed by atoms with Crippen LogP contribution in [0.15, 0.2) is 35.2 Å². The summed E-state index contributed by atoms with van der Waals surface area (Å²) in [4.78, 5) is 0. The van der Waals surface area contributed by atoms with Crippen molar-refractivity contribution in [3.63, 3.8) is 0 Å². The number of nitrogens with zero attached hydrogens (tertiary/aromatic N) is 1. The molecule has 3 heteroatoms. The summed E-state index contributed by atoms with van der Waals surface area (Å²) in [5.41, 5.74) is 4.86. The highest BCUT2D eigenvalue weighted by atomic mass is 16.5. The van der Waals surface area contributed by atoms with Gasteiger partial charge in [-0.25, -0.2) is 0 Å². The lowest BCUT2D eigenvalue weighted by Crippen LogP contribution is -2.08. The monoisotopic (exact) mass is 245 g/mol. The number of aromatic nitrogens is 1. The molecule has 0 saturated heterocycles. The van der Waals surface area contributed by atoms with E-state index in [1.807, 2.05) is 0 Å². The number of ether oxygens (including phenoxy) is 1. The van der Waals surface area contributed by atoms with Crippen LogP contribution in [0.2, 0.25) is 0 Å². The predicted octanol–water partition coefficient (Wildman–Crippen LogP) is 3.48. The average Bonchev–Trinajstić information content (AvgIpc) is 2.86. The normalized spacial score (nSPS) is 12.6. The van der Waals surface area contributed by atoms with Crippen LogP contribution >= 0.6 is 0 Å². The summed E-state index contributed by atoms with van der Waals surface area (Å²) >= 11 is 0. The molecule has 1 aromatic heterocycles. The highest BCUT2D eigenvalue weighted by molar-refractivity contribution is 5.62. The molecule has 0 bridgehead atoms. The molecule has 1 aromatic carbocycles. The van der Waals surface area contributed by atoms with Gasteiger partial charge in [-0.2, -0.15) is 0 Å². The molecule has 1 heterocycles. The summed E-state index contributed by atoms with van der Waals surface area (Å²) in [7, 11) is 1.75. The van der Waals surface area contributed by atoms with E-state index in [0.29, 0.717) is 5.92 Å². The highest BCUT2D eigenvalue weighted by Crippen LogP contribution is 2.23. The minimum absolute atomic E-state index is 0.520. The summed E-state index contributed by atoms with van der Waals surface area (Å²) in [6.07, 6.45) is 4.44. The lowest BCUT2D eigenvalue weighted by molar-refractivity contribution is 0.159. The summed E-state index contributed by atoms with van der Waals surface area (Å²) in [6, 6.07) is 6.47. The second kappa shape index (κ2) is 5.83. The van der Waals surface area contributed by atoms with Crippen molar-refractivity contribution in [1.82, 2.24) is 5.16 Å². The summed E-state index contributed by atoms with van der Waals surface area (Å²) in [6.45, 7) is 5.14. The van der Waals surface area contributed by atoms with Gasteiger partial charge < -0.3 is 9.26 Å². The second-order valence-corrected chi connectivity index (χ2v) is 4.82. The zero-order valence-electron chi connectivity index (χ0n) is 11.1. The molecule has 0 N–H and O–H groups in total. The molecule has 2 aromatic rings. The number of methoxy groups -OCH3 is 1. The Labute approximate surface area is 108 Å². The first-order valence-electron chi connectivity index (χ1n) is 6.19. The number of benzene rings is 1. The molecule has 0 radical (unpaired) electrons. The Kier molecular flexibility index (Phi) is 4.15. The Morgan fingerprint density at radius 2 is 2.17 bits per heavy atom. The van der Waals surface area contributed by atoms with Crippen LogP contribution in [0.3, 0.4) is 0 Å². The van der Waals surface area contributed by atoms with Crippen LogP contribution in [0.25, 0.3) is 11.1 Å². The largest absolute Gasteiger partial charge is 0.384 e. The van der Waals surface area contributed by atoms with E-state index in [1.165, 1.54) is 11.1 Å². The van der Waals surface area contributed by atoms with Crippen LogP contribution in [0.5, 0.6) is 0 Å². The Hall–Kier alpha value is -1.61. The van der Waals surface area contributed by atoms with Crippen LogP contribution in [-0.4, -0.2) is 18.9 Å². The van der Waals surface area contributed by atoms with Gasteiger partial charge in [0.25, 0.3) is 0 Å². The number of aryl methyl sites for hydroxylation is 1. The van der Waals surface area contributed by atoms with Crippen LogP contribution < -0.4 is 0 Å². The van der Waals surface area contributed by atoms with Gasteiger partial charge in [-0.05, 0) is 36.0 Å². The third-order valence-corrected chi connectivity index (χ3v) is 3.13. The maximum absolute atomic E-state index is 5.19. The smallest absolute Gasteiger partial charge is 0.131 e. The molecule has 0 aliphatic rings. The van der Waals surface area contributed by atoms with Gasteiger partial charge >= 0.3 is 0 Å². The van der Waals surface area contributed by atoms with Crippen molar-refractivity contribution < 1.29 is 9.26 Å². The fraction of sp³-hybridized carbons (Fsp3) is 0.400. The minimum atomic E-state index is 0.520. The first-order chi connectivity index (χ1) is 8.70. The van der Waals surface area contributed by atoms with Gasteiger partial charge in [-0.3, -0.25) is 0 Å². The lowest BCUT2D eigenvalue weighted by Gasteiger charge is -2.13. The highest BCUT2D eigenvalue weighted by Gasteiger charge is 2.08. The summed E-state index contributed by atoms with van der Waals surface area (Å²) in [5.74, 6) is 0.520. The number of hydrogen-bond donors (Lipinski definition) is 0. The van der Waals surface area contributed by atoms with Gasteiger partial charge in [0.2, 0.25) is 0 Å². The molecule has 0 amide bonds. The molecular formula is C15H19NO2. The zero-order chi connectivity index (χ0) is 13.0. The molecule has 3 nitrogen and oxygen atoms in total. The number of hydrogen-bond acceptors (Lipinski definition) is 3. The lowest BCUT2D eigenvalue weighted by atomic mass is 9.95. The van der Waals surface area contributed by atoms with Crippen molar-refractivity contribution in [2.75, 3.05) is 13.7 Å². The molecule has 18 heavy (non-hydrogen) atoms. The third-order valence-electron chi connectivity index (χ3n) is 3.13. The van der Waals surface area contributed by atoms with E-state index in [2.05, 4.69) is 37.2 Å². The third kappa shape index (κ3) is 2.99. The van der Waals surface area contributed by atoms with E-state index in [4.69, 9.17) is 9.26 Å². The van der Waals surface area contributed by atoms with Crippen molar-refractivity contribution >= 4 is 0 Å². The van der Waals surface area contributed by atoms with Crippen molar-refractivity contribution in [3.8, 4) is 11.1 Å². The van der Waals surface area contributed by atoms with Gasteiger partial charge in [-0.15, -0.1) is 0 Å². The molecule has 0 fully saturated rings. The molecule has 0 saturated carbocycles. The Morgan fingerprint density at radius 3 is 2.83 bits per heavy atom. The van der Waals surface area contributed by atoms with Crippen molar-refractivity contribution in [3.05, 3.63) is 41.8 Å². The maximum atomic E-state index is 5.19. The van der Waals surface area contributed by atoms with Gasteiger partial charge in [0.05, 0.1) is 6.20 Å². The van der Waals surface area contributed by atoms with E-state index < -0.39 is 0 Å². The fourth-order valence-corrected chi connectivity index (χ4v) is 2.14. The molecule has 0 unspecified atom stereocenters. The van der Waals surface area contributed by atoms with Crippen LogP contribution in [-0.2, 0) is 11.2 Å². The molecule has 96 valence electrons. The SMILES string of the molecule is COC[C@@H](C)Cc1cc(-c2cnoc2)ccc1C. The fourth-order valence-electron chi connectivity index (χ4n) is 2.14. The Balaban J connectivity index is 2.22. The second-order valence-electron chi connectivity index (χ2n) is 4.82. The molecule has 1 atom stereocenters. The van der Waals surface area contributed by atoms with Crippen LogP contribution in [0, 0.1) is 12.8 Å². The summed E-state index contributed by atoms with van der Waals surface area (Å²) in [5, 5.41) is 3.75. The topological polar surface area (TPSA) is 35.3 Å². The first kappa shape index (κ1) is 12.8. The van der Waals surface area contributed by atoms with Gasteiger partial charge in [-0.1, -0.05) is 30.3 Å². The van der Waals surface area contributed by atoms with E-state index in [-0.39, 0.29) is 0 Å². The van der Waals surface area contributed by atoms with Crippen molar-refractivity contribution in [2.45, 2.75) is 20.3 Å². The molecule has 0 spiro atoms. The molecule has 0 aliphatic carbocycles. The van der Waals surface area contributed by atoms with E-state index >= 15 is 0 Å². The van der Waals surface area contributed by atoms with Gasteiger partial charge in [0, 0.05) is 19.3 Å². The standard InChI is InChI=1S/C15H19NO2/c1-11(9-17-3)6-14-7-13(5-4-12(14)2)15-8-16-18-10-15/h4-5,7-8,10-11H,6,9H2,1-3H3/t11-/m0/s1. The van der Waals surface area contributed by atoms with E-state index in [9.17, 15) is 0 Å². The number of rotatable bonds is 5. The van der Waals surface area contributed by atoms with Gasteiger partial charge in [0.15, 0.2) is 0 Å². The molecule has 0 aliphatic heterocycles. The Morgan fingerprint density at radius 1 is 1.33 bits per heavy atom. The van der Waals surface area contributed by atoms with Crippen molar-refractivity contribution in [2.24, 2.45) is 5.92 Å². The average molecular weight is 245 g/mol. The van der Waals surface area contributed by atoms with Crippen LogP contribution in [0.4, 0.5) is 0 Å². The first-order valence-corrected chi connectivity index (χ1v) is 6.19. The summed E-state index contributed by atoms with van der Waals surface area (Å²) < 4.78 is 10.1. The maximum Gasteiger partial charge on any atom is 0.131 e. The van der Waals surface area contributed by atoms with Crippen molar-refractivity contribution in [1.29, 1.82) is 0 Å². The van der Waals surface area contributed by atoms with Gasteiger partial charge in [0.1, 0.15) is 6.26 Å². The molecule has 2 rings (SSSR count).